The minimum Gasteiger partial charge on any atom is -0.0838 e. The Kier molecular flexibility index (Phi) is 2.67. The predicted octanol–water partition coefficient (Wildman–Crippen LogP) is 5.11. The van der Waals surface area contributed by atoms with Gasteiger partial charge in [0.15, 0.2) is 0 Å². The van der Waals surface area contributed by atoms with E-state index in [0.29, 0.717) is 5.92 Å². The summed E-state index contributed by atoms with van der Waals surface area (Å²) in [6, 6.07) is 8.79. The zero-order chi connectivity index (χ0) is 13.4. The summed E-state index contributed by atoms with van der Waals surface area (Å²) in [6.07, 6.45) is 21.0. The molecule has 0 radical (unpaired) electrons. The summed E-state index contributed by atoms with van der Waals surface area (Å²) in [5.74, 6) is 0.397. The van der Waals surface area contributed by atoms with Gasteiger partial charge in [0.1, 0.15) is 0 Å². The van der Waals surface area contributed by atoms with Gasteiger partial charge in [-0.3, -0.25) is 0 Å². The standard InChI is InChI=1S/C20H16/c1-3-9-15-10-4-2-6-14-19-17-12-8-7-11-16(17)18(13-5-1)20(15)19/h1,3-14,19H,2H2. The monoisotopic (exact) mass is 256 g/mol. The van der Waals surface area contributed by atoms with Crippen molar-refractivity contribution in [2.75, 3.05) is 0 Å². The SMILES string of the molecule is C1=CC=C2C=CCC=CC3C2=C(C=C1)c1ccccc13. The van der Waals surface area contributed by atoms with Crippen molar-refractivity contribution in [2.24, 2.45) is 0 Å². The topological polar surface area (TPSA) is 0 Å². The fourth-order valence-corrected chi connectivity index (χ4v) is 3.29. The fraction of sp³-hybridized carbons (Fsp3) is 0.100. The van der Waals surface area contributed by atoms with Gasteiger partial charge in [0.25, 0.3) is 0 Å². The molecule has 20 heavy (non-hydrogen) atoms. The lowest BCUT2D eigenvalue weighted by molar-refractivity contribution is 1.03. The third-order valence-corrected chi connectivity index (χ3v) is 4.16. The van der Waals surface area contributed by atoms with Gasteiger partial charge in [-0.25, -0.2) is 0 Å². The molecule has 1 unspecified atom stereocenters. The maximum atomic E-state index is 2.36. The van der Waals surface area contributed by atoms with Crippen LogP contribution in [0, 0.1) is 0 Å². The van der Waals surface area contributed by atoms with E-state index in [-0.39, 0.29) is 0 Å². The Hall–Kier alpha value is -2.34. The van der Waals surface area contributed by atoms with Gasteiger partial charge in [-0.2, -0.15) is 0 Å². The van der Waals surface area contributed by atoms with Crippen LogP contribution in [0.25, 0.3) is 5.57 Å². The summed E-state index contributed by atoms with van der Waals surface area (Å²) in [7, 11) is 0. The highest BCUT2D eigenvalue weighted by atomic mass is 14.3. The van der Waals surface area contributed by atoms with Crippen molar-refractivity contribution in [3.8, 4) is 0 Å². The van der Waals surface area contributed by atoms with Gasteiger partial charge in [-0.05, 0) is 34.3 Å². The van der Waals surface area contributed by atoms with Crippen molar-refractivity contribution < 1.29 is 0 Å². The first-order chi connectivity index (χ1) is 9.95. The van der Waals surface area contributed by atoms with Crippen LogP contribution in [0.5, 0.6) is 0 Å². The van der Waals surface area contributed by atoms with E-state index in [0.717, 1.165) is 6.42 Å². The van der Waals surface area contributed by atoms with Crippen molar-refractivity contribution in [2.45, 2.75) is 12.3 Å². The molecule has 3 aliphatic carbocycles. The number of hydrogen-bond donors (Lipinski definition) is 0. The fourth-order valence-electron chi connectivity index (χ4n) is 3.29. The van der Waals surface area contributed by atoms with Crippen LogP contribution < -0.4 is 0 Å². The first-order valence-electron chi connectivity index (χ1n) is 7.17. The summed E-state index contributed by atoms with van der Waals surface area (Å²) in [5.41, 5.74) is 6.97. The van der Waals surface area contributed by atoms with E-state index >= 15 is 0 Å². The van der Waals surface area contributed by atoms with Crippen LogP contribution in [0.3, 0.4) is 0 Å². The van der Waals surface area contributed by atoms with Crippen molar-refractivity contribution in [1.29, 1.82) is 0 Å². The summed E-state index contributed by atoms with van der Waals surface area (Å²) in [5, 5.41) is 0. The first-order valence-corrected chi connectivity index (χ1v) is 7.17. The van der Waals surface area contributed by atoms with Crippen LogP contribution in [-0.4, -0.2) is 0 Å². The van der Waals surface area contributed by atoms with Gasteiger partial charge in [0.05, 0.1) is 0 Å². The molecule has 0 N–H and O–H groups in total. The second-order valence-corrected chi connectivity index (χ2v) is 5.32. The Bertz CT molecular complexity index is 733. The zero-order valence-corrected chi connectivity index (χ0v) is 11.3. The molecule has 1 aromatic rings. The van der Waals surface area contributed by atoms with Crippen LogP contribution >= 0.6 is 0 Å². The average Bonchev–Trinajstić information content (AvgIpc) is 2.72. The molecule has 1 atom stereocenters. The lowest BCUT2D eigenvalue weighted by atomic mass is 9.87. The minimum absolute atomic E-state index is 0.397. The lowest BCUT2D eigenvalue weighted by Gasteiger charge is -2.16. The molecular weight excluding hydrogens is 240 g/mol. The van der Waals surface area contributed by atoms with Crippen LogP contribution in [-0.2, 0) is 0 Å². The van der Waals surface area contributed by atoms with Crippen LogP contribution in [0.2, 0.25) is 0 Å². The molecule has 0 amide bonds. The molecule has 3 aliphatic rings. The Morgan fingerprint density at radius 3 is 2.85 bits per heavy atom. The highest BCUT2D eigenvalue weighted by molar-refractivity contribution is 5.89. The molecule has 0 nitrogen and oxygen atoms in total. The largest absolute Gasteiger partial charge is 0.0838 e. The second kappa shape index (κ2) is 4.64. The Balaban J connectivity index is 2.03. The minimum atomic E-state index is 0.397. The predicted molar refractivity (Wildman–Crippen MR) is 85.4 cm³/mol. The third kappa shape index (κ3) is 1.69. The molecule has 0 bridgehead atoms. The maximum absolute atomic E-state index is 2.36. The van der Waals surface area contributed by atoms with E-state index in [4.69, 9.17) is 0 Å². The normalized spacial score (nSPS) is 22.6. The van der Waals surface area contributed by atoms with Gasteiger partial charge >= 0.3 is 0 Å². The van der Waals surface area contributed by atoms with Gasteiger partial charge in [0.2, 0.25) is 0 Å². The molecule has 4 rings (SSSR count). The van der Waals surface area contributed by atoms with E-state index < -0.39 is 0 Å². The van der Waals surface area contributed by atoms with Gasteiger partial charge in [0, 0.05) is 5.92 Å². The zero-order valence-electron chi connectivity index (χ0n) is 11.3. The molecule has 0 heterocycles. The Morgan fingerprint density at radius 1 is 0.900 bits per heavy atom. The number of rotatable bonds is 0. The van der Waals surface area contributed by atoms with Crippen molar-refractivity contribution in [3.05, 3.63) is 101 Å². The van der Waals surface area contributed by atoms with E-state index in [2.05, 4.69) is 78.9 Å². The molecule has 96 valence electrons. The van der Waals surface area contributed by atoms with Crippen molar-refractivity contribution in [1.82, 2.24) is 0 Å². The molecule has 1 aromatic carbocycles. The average molecular weight is 256 g/mol. The van der Waals surface area contributed by atoms with Crippen molar-refractivity contribution in [3.63, 3.8) is 0 Å². The number of hydrogen-bond acceptors (Lipinski definition) is 0. The summed E-state index contributed by atoms with van der Waals surface area (Å²) < 4.78 is 0. The lowest BCUT2D eigenvalue weighted by Crippen LogP contribution is -1.99. The van der Waals surface area contributed by atoms with E-state index in [9.17, 15) is 0 Å². The van der Waals surface area contributed by atoms with Gasteiger partial charge < -0.3 is 0 Å². The van der Waals surface area contributed by atoms with Gasteiger partial charge in [-0.1, -0.05) is 78.9 Å². The molecule has 0 aromatic heterocycles. The molecule has 0 saturated carbocycles. The molecule has 0 aliphatic heterocycles. The van der Waals surface area contributed by atoms with Gasteiger partial charge in [-0.15, -0.1) is 0 Å². The number of fused-ring (bicyclic) bond motifs is 3. The third-order valence-electron chi connectivity index (χ3n) is 4.16. The number of allylic oxidation sites excluding steroid dienone is 12. The Labute approximate surface area is 119 Å². The van der Waals surface area contributed by atoms with Crippen LogP contribution in [0.4, 0.5) is 0 Å². The van der Waals surface area contributed by atoms with Crippen molar-refractivity contribution >= 4 is 5.57 Å². The van der Waals surface area contributed by atoms with E-state index in [1.54, 1.807) is 0 Å². The van der Waals surface area contributed by atoms with Crippen LogP contribution in [0.15, 0.2) is 90.1 Å². The quantitative estimate of drug-likeness (QED) is 0.566. The second-order valence-electron chi connectivity index (χ2n) is 5.32. The van der Waals surface area contributed by atoms with E-state index in [1.807, 2.05) is 0 Å². The maximum Gasteiger partial charge on any atom is 0.0287 e. The first kappa shape index (κ1) is 11.5. The molecule has 0 saturated heterocycles. The molecule has 0 fully saturated rings. The summed E-state index contributed by atoms with van der Waals surface area (Å²) >= 11 is 0. The van der Waals surface area contributed by atoms with Crippen LogP contribution in [0.1, 0.15) is 23.5 Å². The molecule has 0 spiro atoms. The highest BCUT2D eigenvalue weighted by Crippen LogP contribution is 2.47. The Morgan fingerprint density at radius 2 is 1.85 bits per heavy atom. The molecular formula is C20H16. The molecule has 0 heteroatoms. The number of benzene rings is 1. The highest BCUT2D eigenvalue weighted by Gasteiger charge is 2.29. The summed E-state index contributed by atoms with van der Waals surface area (Å²) in [6.45, 7) is 0. The van der Waals surface area contributed by atoms with E-state index in [1.165, 1.54) is 27.8 Å². The summed E-state index contributed by atoms with van der Waals surface area (Å²) in [4.78, 5) is 0. The smallest absolute Gasteiger partial charge is 0.0287 e.